The average molecular weight is 629 g/mol. The molecule has 0 aliphatic rings. The molecule has 0 unspecified atom stereocenters. The zero-order valence-electron chi connectivity index (χ0n) is 30.2. The van der Waals surface area contributed by atoms with Crippen LogP contribution in [-0.2, 0) is 0 Å². The fourth-order valence-corrected chi connectivity index (χ4v) is 7.25. The number of benzene rings is 6. The van der Waals surface area contributed by atoms with Crippen molar-refractivity contribution < 1.29 is 12.9 Å². The van der Waals surface area contributed by atoms with Crippen LogP contribution in [0.5, 0.6) is 0 Å². The van der Waals surface area contributed by atoms with Gasteiger partial charge in [0.1, 0.15) is 22.5 Å². The molecular weight excluding hydrogens is 590 g/mol. The first kappa shape index (κ1) is 25.4. The lowest BCUT2D eigenvalue weighted by Gasteiger charge is -2.24. The van der Waals surface area contributed by atoms with Crippen LogP contribution in [0.4, 0.5) is 0 Å². The molecule has 9 aromatic rings. The second kappa shape index (κ2) is 10.7. The quantitative estimate of drug-likeness (QED) is 0.190. The predicted octanol–water partition coefficient (Wildman–Crippen LogP) is 12.1. The van der Waals surface area contributed by atoms with E-state index in [0.717, 1.165) is 49.7 Å². The summed E-state index contributed by atoms with van der Waals surface area (Å²) in [4.78, 5) is 9.68. The summed E-state index contributed by atoms with van der Waals surface area (Å²) < 4.78 is 38.1. The SMILES string of the molecule is [2H]C([2H])([2H])c1nc2cc3oc4c(-c5nc6ccc7ccccc7c6n5-c5c(C(C)C)cc(-c6ccccc6)cc5C(C)C)cccc4c3cc2o1. The van der Waals surface area contributed by atoms with Gasteiger partial charge in [-0.3, -0.25) is 4.57 Å². The number of hydrogen-bond acceptors (Lipinski definition) is 4. The third-order valence-corrected chi connectivity index (χ3v) is 9.53. The number of oxazole rings is 1. The standard InChI is InChI=1S/C43H35N3O2/c1-24(2)33-20-29(27-12-7-6-8-13-27)21-34(25(3)4)40(33)46-41-30-15-10-9-14-28(30)18-19-36(41)45-43(46)32-17-11-16-31-35-22-39-37(44-26(5)47-39)23-38(35)48-42(31)32/h6-25H,1-5H3/i5D3. The van der Waals surface area contributed by atoms with Crippen molar-refractivity contribution in [1.29, 1.82) is 0 Å². The molecule has 3 aromatic heterocycles. The fraction of sp³-hybridized carbons (Fsp3) is 0.163. The topological polar surface area (TPSA) is 57.0 Å². The average Bonchev–Trinajstić information content (AvgIpc) is 3.83. The van der Waals surface area contributed by atoms with Crippen molar-refractivity contribution in [1.82, 2.24) is 14.5 Å². The lowest BCUT2D eigenvalue weighted by Crippen LogP contribution is -2.09. The Balaban J connectivity index is 1.39. The molecule has 0 aliphatic heterocycles. The number of nitrogens with zero attached hydrogens (tertiary/aromatic N) is 3. The number of furan rings is 1. The zero-order valence-corrected chi connectivity index (χ0v) is 27.2. The van der Waals surface area contributed by atoms with Crippen molar-refractivity contribution in [3.05, 3.63) is 126 Å². The first-order valence-electron chi connectivity index (χ1n) is 18.0. The van der Waals surface area contributed by atoms with Gasteiger partial charge in [-0.2, -0.15) is 0 Å². The Morgan fingerprint density at radius 2 is 1.38 bits per heavy atom. The van der Waals surface area contributed by atoms with Crippen molar-refractivity contribution in [2.45, 2.75) is 46.4 Å². The summed E-state index contributed by atoms with van der Waals surface area (Å²) in [5.41, 5.74) is 10.9. The van der Waals surface area contributed by atoms with E-state index < -0.39 is 6.85 Å². The van der Waals surface area contributed by atoms with E-state index in [1.54, 1.807) is 6.07 Å². The summed E-state index contributed by atoms with van der Waals surface area (Å²) in [6.45, 7) is 6.60. The lowest BCUT2D eigenvalue weighted by atomic mass is 9.88. The van der Waals surface area contributed by atoms with E-state index in [1.807, 2.05) is 18.2 Å². The van der Waals surface area contributed by atoms with Crippen LogP contribution in [0.15, 0.2) is 118 Å². The molecule has 0 atom stereocenters. The summed E-state index contributed by atoms with van der Waals surface area (Å²) >= 11 is 0. The summed E-state index contributed by atoms with van der Waals surface area (Å²) in [6.07, 6.45) is 0. The Morgan fingerprint density at radius 3 is 2.15 bits per heavy atom. The van der Waals surface area contributed by atoms with Gasteiger partial charge in [0.2, 0.25) is 0 Å². The van der Waals surface area contributed by atoms with E-state index in [-0.39, 0.29) is 17.7 Å². The van der Waals surface area contributed by atoms with Gasteiger partial charge in [0.05, 0.1) is 22.3 Å². The van der Waals surface area contributed by atoms with E-state index in [4.69, 9.17) is 17.9 Å². The number of imidazole rings is 1. The molecule has 0 fully saturated rings. The molecule has 0 saturated carbocycles. The largest absolute Gasteiger partial charge is 0.455 e. The number of aromatic nitrogens is 3. The first-order chi connectivity index (χ1) is 24.6. The summed E-state index contributed by atoms with van der Waals surface area (Å²) in [6, 6.07) is 37.7. The van der Waals surface area contributed by atoms with Crippen LogP contribution in [0.3, 0.4) is 0 Å². The molecule has 5 nitrogen and oxygen atoms in total. The minimum absolute atomic E-state index is 0.214. The minimum atomic E-state index is -2.44. The van der Waals surface area contributed by atoms with Gasteiger partial charge in [-0.1, -0.05) is 100 Å². The summed E-state index contributed by atoms with van der Waals surface area (Å²) in [7, 11) is 0. The van der Waals surface area contributed by atoms with Crippen molar-refractivity contribution in [3.8, 4) is 28.2 Å². The highest BCUT2D eigenvalue weighted by atomic mass is 16.3. The predicted molar refractivity (Wildman–Crippen MR) is 197 cm³/mol. The van der Waals surface area contributed by atoms with Crippen LogP contribution >= 0.6 is 0 Å². The molecule has 0 spiro atoms. The first-order valence-corrected chi connectivity index (χ1v) is 16.5. The molecule has 234 valence electrons. The van der Waals surface area contributed by atoms with E-state index in [9.17, 15) is 0 Å². The highest BCUT2D eigenvalue weighted by Crippen LogP contribution is 2.44. The number of fused-ring (bicyclic) bond motifs is 7. The van der Waals surface area contributed by atoms with Gasteiger partial charge < -0.3 is 8.83 Å². The maximum atomic E-state index is 7.77. The number of hydrogen-bond donors (Lipinski definition) is 0. The van der Waals surface area contributed by atoms with Gasteiger partial charge in [-0.05, 0) is 69.8 Å². The smallest absolute Gasteiger partial charge is 0.192 e. The van der Waals surface area contributed by atoms with E-state index in [0.29, 0.717) is 22.3 Å². The maximum absolute atomic E-state index is 7.77. The second-order valence-electron chi connectivity index (χ2n) is 13.2. The zero-order chi connectivity index (χ0) is 35.2. The molecule has 0 N–H and O–H groups in total. The van der Waals surface area contributed by atoms with Gasteiger partial charge in [0, 0.05) is 33.2 Å². The summed E-state index contributed by atoms with van der Waals surface area (Å²) in [5, 5.41) is 3.97. The molecular formula is C43H35N3O2. The Kier molecular flexibility index (Phi) is 5.65. The van der Waals surface area contributed by atoms with Gasteiger partial charge in [0.15, 0.2) is 11.5 Å². The molecule has 0 aliphatic carbocycles. The highest BCUT2D eigenvalue weighted by molar-refractivity contribution is 6.13. The molecule has 48 heavy (non-hydrogen) atoms. The normalized spacial score (nSPS) is 13.4. The molecule has 0 bridgehead atoms. The Labute approximate surface area is 282 Å². The third kappa shape index (κ3) is 4.31. The van der Waals surface area contributed by atoms with Crippen molar-refractivity contribution in [2.75, 3.05) is 0 Å². The Hall–Kier alpha value is -5.68. The third-order valence-electron chi connectivity index (χ3n) is 9.53. The van der Waals surface area contributed by atoms with E-state index >= 15 is 0 Å². The maximum Gasteiger partial charge on any atom is 0.192 e. The number of para-hydroxylation sites is 1. The van der Waals surface area contributed by atoms with Gasteiger partial charge in [-0.15, -0.1) is 0 Å². The van der Waals surface area contributed by atoms with Crippen LogP contribution < -0.4 is 0 Å². The fourth-order valence-electron chi connectivity index (χ4n) is 7.25. The van der Waals surface area contributed by atoms with E-state index in [2.05, 4.69) is 122 Å². The van der Waals surface area contributed by atoms with Crippen molar-refractivity contribution in [3.63, 3.8) is 0 Å². The van der Waals surface area contributed by atoms with Gasteiger partial charge in [0.25, 0.3) is 0 Å². The molecule has 0 radical (unpaired) electrons. The van der Waals surface area contributed by atoms with Crippen LogP contribution in [0, 0.1) is 6.85 Å². The molecule has 9 rings (SSSR count). The van der Waals surface area contributed by atoms with Crippen molar-refractivity contribution >= 4 is 54.8 Å². The molecule has 0 amide bonds. The molecule has 5 heteroatoms. The summed E-state index contributed by atoms with van der Waals surface area (Å²) in [5.74, 6) is 0.933. The van der Waals surface area contributed by atoms with Crippen LogP contribution in [0.25, 0.3) is 83.0 Å². The van der Waals surface area contributed by atoms with E-state index in [1.165, 1.54) is 22.3 Å². The second-order valence-corrected chi connectivity index (χ2v) is 13.2. The minimum Gasteiger partial charge on any atom is -0.455 e. The number of aryl methyl sites for hydroxylation is 1. The molecule has 0 saturated heterocycles. The lowest BCUT2D eigenvalue weighted by molar-refractivity contribution is 0.561. The molecule has 3 heterocycles. The van der Waals surface area contributed by atoms with Crippen LogP contribution in [0.2, 0.25) is 0 Å². The van der Waals surface area contributed by atoms with Crippen molar-refractivity contribution in [2.24, 2.45) is 0 Å². The highest BCUT2D eigenvalue weighted by Gasteiger charge is 2.26. The van der Waals surface area contributed by atoms with Crippen LogP contribution in [0.1, 0.15) is 60.7 Å². The van der Waals surface area contributed by atoms with Gasteiger partial charge in [-0.25, -0.2) is 9.97 Å². The monoisotopic (exact) mass is 628 g/mol. The molecule has 6 aromatic carbocycles. The number of rotatable bonds is 5. The Morgan fingerprint density at radius 1 is 0.625 bits per heavy atom. The van der Waals surface area contributed by atoms with Crippen LogP contribution in [-0.4, -0.2) is 14.5 Å². The Bertz CT molecular complexity index is 2780. The van der Waals surface area contributed by atoms with Gasteiger partial charge >= 0.3 is 0 Å².